The Balaban J connectivity index is 0.000000208. The van der Waals surface area contributed by atoms with Crippen LogP contribution in [0, 0.1) is 33.8 Å². The second kappa shape index (κ2) is 22.0. The summed E-state index contributed by atoms with van der Waals surface area (Å²) >= 11 is 0. The van der Waals surface area contributed by atoms with Crippen LogP contribution in [0.5, 0.6) is 0 Å². The van der Waals surface area contributed by atoms with Gasteiger partial charge in [-0.3, -0.25) is 19.7 Å². The van der Waals surface area contributed by atoms with Crippen molar-refractivity contribution in [3.63, 3.8) is 0 Å². The maximum atomic E-state index is 12.4. The zero-order valence-corrected chi connectivity index (χ0v) is 43.4. The maximum absolute atomic E-state index is 12.4. The number of aliphatic imine (C=N–C) groups is 1. The monoisotopic (exact) mass is 1040 g/mol. The number of fused-ring (bicyclic) bond motifs is 1. The molecule has 0 spiro atoms. The summed E-state index contributed by atoms with van der Waals surface area (Å²) in [5.74, 6) is 1.26. The number of allylic oxidation sites excluding steroid dienone is 2. The Morgan fingerprint density at radius 1 is 0.764 bits per heavy atom. The molecule has 1 unspecified atom stereocenters. The van der Waals surface area contributed by atoms with E-state index < -0.39 is 31.2 Å². The Hall–Kier alpha value is -7.30. The molecule has 6 aromatic heterocycles. The molecule has 0 amide bonds. The predicted octanol–water partition coefficient (Wildman–Crippen LogP) is 5.67. The number of aromatic nitrogens is 7. The molecule has 0 saturated heterocycles. The van der Waals surface area contributed by atoms with Crippen molar-refractivity contribution >= 4 is 97.9 Å². The number of H-pyrrole nitrogens is 1. The topological polar surface area (TPSA) is 339 Å². The number of nitrogens with two attached hydrogens (primary N) is 2. The van der Waals surface area contributed by atoms with Gasteiger partial charge < -0.3 is 45.5 Å². The molecule has 1 aliphatic heterocycles. The standard InChI is InChI=1S/C24H22N6O4S.C22H20N5O2.C2H3N2O2S.Ca/c1-14-21(15(2)34-29-14)16-12-17(22-18(13-16)27-23(28-22)30-35(3,32)33)24(31,19-8-4-6-10-25-19)20-9-5-7-11-26-20;1-13-20(14(2)29-27-13)15-11-16(21(24)17(23)12-15)22(28,18-7-3-5-9-25-18)19-8-4-6-10-26-19;1-7(5,6)4-2-3;/h4-13,31H,1-3H3,(H2,27,28,30);3-5,7-12,28H,23-24H2,1-2H3;1H3;/q;+1;-1;+2. The van der Waals surface area contributed by atoms with E-state index in [1.165, 1.54) is 6.20 Å². The van der Waals surface area contributed by atoms with Gasteiger partial charge in [-0.25, -0.2) is 26.8 Å². The van der Waals surface area contributed by atoms with Gasteiger partial charge in [0, 0.05) is 47.1 Å². The van der Waals surface area contributed by atoms with Crippen molar-refractivity contribution in [1.29, 1.82) is 0 Å². The van der Waals surface area contributed by atoms with Crippen molar-refractivity contribution in [1.82, 2.24) is 35.2 Å². The van der Waals surface area contributed by atoms with E-state index in [0.717, 1.165) is 35.2 Å². The molecule has 0 aliphatic carbocycles. The predicted molar refractivity (Wildman–Crippen MR) is 273 cm³/mol. The van der Waals surface area contributed by atoms with Gasteiger partial charge in [-0.05, 0) is 99.5 Å². The van der Waals surface area contributed by atoms with Gasteiger partial charge in [0.15, 0.2) is 39.2 Å². The summed E-state index contributed by atoms with van der Waals surface area (Å²) < 4.78 is 59.0. The second-order valence-corrected chi connectivity index (χ2v) is 19.3. The molecule has 0 saturated carbocycles. The van der Waals surface area contributed by atoms with Crippen LogP contribution < -0.4 is 16.2 Å². The number of sulfonamides is 2. The van der Waals surface area contributed by atoms with Gasteiger partial charge in [0.1, 0.15) is 23.7 Å². The minimum Gasteiger partial charge on any atom is -0.422 e. The summed E-state index contributed by atoms with van der Waals surface area (Å²) in [7, 11) is -7.01. The fourth-order valence-corrected chi connectivity index (χ4v) is 8.42. The van der Waals surface area contributed by atoms with E-state index in [1.807, 2.05) is 26.8 Å². The Bertz CT molecular complexity index is 3560. The molecule has 9 rings (SSSR count). The number of aromatic amines is 1. The van der Waals surface area contributed by atoms with Crippen LogP contribution in [0.25, 0.3) is 38.7 Å². The fraction of sp³-hybridized carbons (Fsp3) is 0.167. The maximum Gasteiger partial charge on any atom is 2.00 e. The van der Waals surface area contributed by atoms with Crippen LogP contribution in [-0.2, 0) is 31.2 Å². The van der Waals surface area contributed by atoms with Crippen LogP contribution >= 0.6 is 0 Å². The molecule has 0 fully saturated rings. The van der Waals surface area contributed by atoms with Gasteiger partial charge in [0.05, 0.1) is 57.1 Å². The van der Waals surface area contributed by atoms with Crippen LogP contribution in [0.2, 0.25) is 0 Å². The van der Waals surface area contributed by atoms with Crippen LogP contribution in [-0.4, -0.2) is 124 Å². The van der Waals surface area contributed by atoms with Gasteiger partial charge in [0.25, 0.3) is 0 Å². The third-order valence-electron chi connectivity index (χ3n) is 10.8. The average molecular weight is 1040 g/mol. The quantitative estimate of drug-likeness (QED) is 0.0393. The number of rotatable bonds is 11. The van der Waals surface area contributed by atoms with Crippen molar-refractivity contribution in [3.8, 4) is 22.3 Å². The van der Waals surface area contributed by atoms with Crippen molar-refractivity contribution < 1.29 is 36.1 Å². The number of nitrogens with zero attached hydrogens (tertiary/aromatic N) is 9. The third kappa shape index (κ3) is 11.6. The average Bonchev–Trinajstić information content (AvgIpc) is 4.02. The number of imidazole rings is 1. The molecule has 1 aliphatic rings. The number of hydrogen-bond donors (Lipinski definition) is 6. The molecule has 1 atom stereocenters. The summed E-state index contributed by atoms with van der Waals surface area (Å²) in [6.07, 6.45) is 14.4. The summed E-state index contributed by atoms with van der Waals surface area (Å²) in [5.41, 5.74) is 17.0. The molecule has 362 valence electrons. The first-order valence-corrected chi connectivity index (χ1v) is 24.8. The molecular weight excluding hydrogens is 991 g/mol. The second-order valence-electron chi connectivity index (χ2n) is 15.9. The van der Waals surface area contributed by atoms with Gasteiger partial charge in [-0.15, -0.1) is 6.01 Å². The smallest absolute Gasteiger partial charge is 0.422 e. The first kappa shape index (κ1) is 54.0. The van der Waals surface area contributed by atoms with Gasteiger partial charge >= 0.3 is 37.7 Å². The zero-order chi connectivity index (χ0) is 51.3. The van der Waals surface area contributed by atoms with E-state index in [0.29, 0.717) is 79.1 Å². The van der Waals surface area contributed by atoms with E-state index in [2.05, 4.69) is 55.4 Å². The van der Waals surface area contributed by atoms with Crippen LogP contribution in [0.3, 0.4) is 0 Å². The molecule has 21 nitrogen and oxygen atoms in total. The molecule has 24 heteroatoms. The largest absolute Gasteiger partial charge is 2.00 e. The first-order valence-electron chi connectivity index (χ1n) is 21.1. The van der Waals surface area contributed by atoms with Crippen molar-refractivity contribution in [3.05, 3.63) is 178 Å². The number of aliphatic hydroxyl groups is 2. The molecule has 0 radical (unpaired) electrons. The number of benzene rings is 2. The molecular formula is C48H45CaN13O8S2+2. The number of aryl methyl sites for hydroxylation is 4. The number of anilines is 3. The van der Waals surface area contributed by atoms with Gasteiger partial charge in [0.2, 0.25) is 16.0 Å². The normalized spacial score (nSPS) is 12.9. The molecule has 2 aromatic carbocycles. The van der Waals surface area contributed by atoms with E-state index in [-0.39, 0.29) is 49.4 Å². The van der Waals surface area contributed by atoms with Crippen molar-refractivity contribution in [2.75, 3.05) is 28.7 Å². The van der Waals surface area contributed by atoms with Gasteiger partial charge in [-0.2, -0.15) is 0 Å². The van der Waals surface area contributed by atoms with Crippen LogP contribution in [0.15, 0.2) is 134 Å². The Morgan fingerprint density at radius 3 is 1.69 bits per heavy atom. The summed E-state index contributed by atoms with van der Waals surface area (Å²) in [6, 6.07) is 24.0. The minimum absolute atomic E-state index is 0. The summed E-state index contributed by atoms with van der Waals surface area (Å²) in [6.45, 7) is 7.29. The fourth-order valence-electron chi connectivity index (χ4n) is 7.82. The van der Waals surface area contributed by atoms with Gasteiger partial charge in [-0.1, -0.05) is 28.5 Å². The Kier molecular flexibility index (Phi) is 16.5. The molecule has 72 heavy (non-hydrogen) atoms. The molecule has 7 heterocycles. The van der Waals surface area contributed by atoms with Crippen LogP contribution in [0.1, 0.15) is 51.1 Å². The SMILES string of the molecule is CS(=O)(=O)N=C=[N-].Cc1noc(C)c1-c1cc(C(O)(c2ccccn2)c2ccccn2)c2nc(NS(C)(=O)=O)[nH]c2c1.Cc1noc(C)c1-c1cc(N)c(N)c(C(O)(C2=NC=[C+]C=C2)c2ccccn2)c1.[Ca+2]. The number of hydrogen-bond acceptors (Lipinski definition) is 17. The zero-order valence-electron chi connectivity index (χ0n) is 39.5. The Morgan fingerprint density at radius 2 is 1.28 bits per heavy atom. The summed E-state index contributed by atoms with van der Waals surface area (Å²) in [5, 5.41) is 40.0. The van der Waals surface area contributed by atoms with E-state index >= 15 is 0 Å². The molecule has 0 bridgehead atoms. The van der Waals surface area contributed by atoms with Crippen LogP contribution in [0.4, 0.5) is 17.3 Å². The first-order chi connectivity index (χ1) is 33.6. The third-order valence-corrected chi connectivity index (χ3v) is 11.8. The van der Waals surface area contributed by atoms with Crippen molar-refractivity contribution in [2.45, 2.75) is 38.9 Å². The minimum atomic E-state index is -3.60. The summed E-state index contributed by atoms with van der Waals surface area (Å²) in [4.78, 5) is 25.1. The van der Waals surface area contributed by atoms with Crippen molar-refractivity contribution in [2.24, 2.45) is 9.39 Å². The Labute approximate surface area is 443 Å². The number of nitrogen functional groups attached to an aromatic ring is 2. The number of pyridine rings is 3. The molecule has 8 aromatic rings. The van der Waals surface area contributed by atoms with E-state index in [4.69, 9.17) is 25.9 Å². The van der Waals surface area contributed by atoms with E-state index in [1.54, 1.807) is 110 Å². The number of nitrogens with one attached hydrogen (secondary N) is 2. The molecule has 8 N–H and O–H groups in total. The van der Waals surface area contributed by atoms with E-state index in [9.17, 15) is 27.0 Å².